The van der Waals surface area contributed by atoms with Crippen molar-refractivity contribution in [2.75, 3.05) is 0 Å². The number of amidine groups is 1. The average Bonchev–Trinajstić information content (AvgIpc) is 2.38. The molecule has 0 aliphatic carbocycles. The summed E-state index contributed by atoms with van der Waals surface area (Å²) < 4.78 is 5.70. The number of nitrogens with two attached hydrogens (primary N) is 1. The summed E-state index contributed by atoms with van der Waals surface area (Å²) >= 11 is 6.15. The van der Waals surface area contributed by atoms with Gasteiger partial charge in [-0.05, 0) is 30.7 Å². The van der Waals surface area contributed by atoms with Crippen molar-refractivity contribution >= 4 is 17.4 Å². The Morgan fingerprint density at radius 3 is 2.68 bits per heavy atom. The van der Waals surface area contributed by atoms with Crippen LogP contribution in [0.1, 0.15) is 16.7 Å². The van der Waals surface area contributed by atoms with Gasteiger partial charge in [-0.25, -0.2) is 0 Å². The van der Waals surface area contributed by atoms with E-state index in [1.54, 1.807) is 12.1 Å². The van der Waals surface area contributed by atoms with E-state index in [0.717, 1.165) is 11.1 Å². The van der Waals surface area contributed by atoms with Crippen LogP contribution in [-0.2, 0) is 6.61 Å². The number of benzene rings is 2. The van der Waals surface area contributed by atoms with Crippen molar-refractivity contribution in [1.82, 2.24) is 0 Å². The third-order valence-corrected chi connectivity index (χ3v) is 3.12. The number of hydrogen-bond acceptors (Lipinski definition) is 2. The van der Waals surface area contributed by atoms with E-state index in [1.807, 2.05) is 37.3 Å². The first-order chi connectivity index (χ1) is 9.08. The van der Waals surface area contributed by atoms with Gasteiger partial charge in [-0.15, -0.1) is 0 Å². The quantitative estimate of drug-likeness (QED) is 0.662. The molecule has 0 aliphatic heterocycles. The van der Waals surface area contributed by atoms with E-state index in [1.165, 1.54) is 0 Å². The molecule has 0 bridgehead atoms. The second-order valence-electron chi connectivity index (χ2n) is 4.29. The van der Waals surface area contributed by atoms with Gasteiger partial charge in [-0.1, -0.05) is 35.9 Å². The van der Waals surface area contributed by atoms with Crippen LogP contribution in [0.3, 0.4) is 0 Å². The van der Waals surface area contributed by atoms with Crippen LogP contribution in [0.2, 0.25) is 5.02 Å². The van der Waals surface area contributed by atoms with Gasteiger partial charge in [0.05, 0.1) is 5.56 Å². The lowest BCUT2D eigenvalue weighted by atomic mass is 10.1. The lowest BCUT2D eigenvalue weighted by molar-refractivity contribution is 0.305. The van der Waals surface area contributed by atoms with Crippen LogP contribution in [-0.4, -0.2) is 5.84 Å². The molecular formula is C15H15ClN2O. The Balaban J connectivity index is 2.17. The lowest BCUT2D eigenvalue weighted by Crippen LogP contribution is -2.13. The van der Waals surface area contributed by atoms with Crippen LogP contribution < -0.4 is 10.5 Å². The van der Waals surface area contributed by atoms with Crippen molar-refractivity contribution in [2.24, 2.45) is 5.73 Å². The lowest BCUT2D eigenvalue weighted by Gasteiger charge is -2.11. The molecule has 0 heterocycles. The molecular weight excluding hydrogens is 260 g/mol. The summed E-state index contributed by atoms with van der Waals surface area (Å²) in [5.74, 6) is 0.581. The van der Waals surface area contributed by atoms with Gasteiger partial charge in [-0.2, -0.15) is 0 Å². The minimum atomic E-state index is -0.00870. The molecule has 0 amide bonds. The molecule has 0 fully saturated rings. The van der Waals surface area contributed by atoms with Crippen LogP contribution in [0.15, 0.2) is 42.5 Å². The Hall–Kier alpha value is -2.00. The molecule has 0 unspecified atom stereocenters. The predicted molar refractivity (Wildman–Crippen MR) is 78.0 cm³/mol. The summed E-state index contributed by atoms with van der Waals surface area (Å²) in [5, 5.41) is 8.18. The highest BCUT2D eigenvalue weighted by Gasteiger charge is 2.07. The maximum absolute atomic E-state index is 7.50. The van der Waals surface area contributed by atoms with Gasteiger partial charge in [-0.3, -0.25) is 5.41 Å². The number of halogens is 1. The zero-order valence-corrected chi connectivity index (χ0v) is 11.4. The molecule has 0 radical (unpaired) electrons. The minimum absolute atomic E-state index is 0.00870. The second-order valence-corrected chi connectivity index (χ2v) is 4.70. The Bertz CT molecular complexity index is 611. The molecule has 2 aromatic rings. The Morgan fingerprint density at radius 1 is 1.26 bits per heavy atom. The van der Waals surface area contributed by atoms with E-state index in [-0.39, 0.29) is 5.84 Å². The summed E-state index contributed by atoms with van der Waals surface area (Å²) in [6.07, 6.45) is 0. The molecule has 0 aromatic heterocycles. The van der Waals surface area contributed by atoms with E-state index < -0.39 is 0 Å². The number of ether oxygens (including phenoxy) is 1. The number of aryl methyl sites for hydroxylation is 1. The van der Waals surface area contributed by atoms with E-state index >= 15 is 0 Å². The Labute approximate surface area is 117 Å². The van der Waals surface area contributed by atoms with Gasteiger partial charge in [0.25, 0.3) is 0 Å². The molecule has 2 rings (SSSR count). The molecule has 0 atom stereocenters. The molecule has 0 saturated carbocycles. The van der Waals surface area contributed by atoms with E-state index in [2.05, 4.69) is 0 Å². The maximum atomic E-state index is 7.50. The Morgan fingerprint density at radius 2 is 2.00 bits per heavy atom. The largest absolute Gasteiger partial charge is 0.488 e. The zero-order chi connectivity index (χ0) is 13.8. The van der Waals surface area contributed by atoms with Gasteiger partial charge < -0.3 is 10.5 Å². The molecule has 0 spiro atoms. The van der Waals surface area contributed by atoms with Crippen LogP contribution >= 0.6 is 11.6 Å². The third kappa shape index (κ3) is 3.26. The molecule has 0 aliphatic rings. The fraction of sp³-hybridized carbons (Fsp3) is 0.133. The SMILES string of the molecule is Cc1ccc(COc2ccccc2C(=N)N)c(Cl)c1. The zero-order valence-electron chi connectivity index (χ0n) is 10.6. The Kier molecular flexibility index (Phi) is 4.07. The van der Waals surface area contributed by atoms with Gasteiger partial charge in [0.2, 0.25) is 0 Å². The summed E-state index contributed by atoms with van der Waals surface area (Å²) in [6, 6.07) is 13.0. The molecule has 4 heteroatoms. The monoisotopic (exact) mass is 274 g/mol. The third-order valence-electron chi connectivity index (χ3n) is 2.77. The molecule has 3 N–H and O–H groups in total. The second kappa shape index (κ2) is 5.76. The predicted octanol–water partition coefficient (Wildman–Crippen LogP) is 3.51. The number of nitrogen functional groups attached to an aromatic ring is 1. The fourth-order valence-electron chi connectivity index (χ4n) is 1.74. The van der Waals surface area contributed by atoms with Gasteiger partial charge >= 0.3 is 0 Å². The van der Waals surface area contributed by atoms with Crippen molar-refractivity contribution < 1.29 is 4.74 Å². The molecule has 19 heavy (non-hydrogen) atoms. The van der Waals surface area contributed by atoms with Crippen LogP contribution in [0.4, 0.5) is 0 Å². The molecule has 0 saturated heterocycles. The van der Waals surface area contributed by atoms with Crippen molar-refractivity contribution in [3.8, 4) is 5.75 Å². The molecule has 3 nitrogen and oxygen atoms in total. The summed E-state index contributed by atoms with van der Waals surface area (Å²) in [4.78, 5) is 0. The van der Waals surface area contributed by atoms with E-state index in [4.69, 9.17) is 27.5 Å². The summed E-state index contributed by atoms with van der Waals surface area (Å²) in [7, 11) is 0. The average molecular weight is 275 g/mol. The highest BCUT2D eigenvalue weighted by Crippen LogP contribution is 2.22. The maximum Gasteiger partial charge on any atom is 0.130 e. The number of nitrogens with one attached hydrogen (secondary N) is 1. The van der Waals surface area contributed by atoms with Crippen molar-refractivity contribution in [1.29, 1.82) is 5.41 Å². The number of hydrogen-bond donors (Lipinski definition) is 2. The first kappa shape index (κ1) is 13.4. The van der Waals surface area contributed by atoms with Gasteiger partial charge in [0.1, 0.15) is 18.2 Å². The van der Waals surface area contributed by atoms with Crippen molar-refractivity contribution in [3.63, 3.8) is 0 Å². The normalized spacial score (nSPS) is 10.2. The highest BCUT2D eigenvalue weighted by atomic mass is 35.5. The van der Waals surface area contributed by atoms with Crippen molar-refractivity contribution in [3.05, 3.63) is 64.2 Å². The minimum Gasteiger partial charge on any atom is -0.488 e. The van der Waals surface area contributed by atoms with E-state index in [9.17, 15) is 0 Å². The van der Waals surface area contributed by atoms with Crippen LogP contribution in [0, 0.1) is 12.3 Å². The first-order valence-electron chi connectivity index (χ1n) is 5.89. The highest BCUT2D eigenvalue weighted by molar-refractivity contribution is 6.31. The molecule has 98 valence electrons. The van der Waals surface area contributed by atoms with Gasteiger partial charge in [0.15, 0.2) is 0 Å². The van der Waals surface area contributed by atoms with Crippen molar-refractivity contribution in [2.45, 2.75) is 13.5 Å². The topological polar surface area (TPSA) is 59.1 Å². The standard InChI is InChI=1S/C15H15ClN2O/c1-10-6-7-11(13(16)8-10)9-19-14-5-3-2-4-12(14)15(17)18/h2-8H,9H2,1H3,(H3,17,18). The number of rotatable bonds is 4. The molecule has 2 aromatic carbocycles. The smallest absolute Gasteiger partial charge is 0.130 e. The summed E-state index contributed by atoms with van der Waals surface area (Å²) in [5.41, 5.74) is 8.12. The van der Waals surface area contributed by atoms with E-state index in [0.29, 0.717) is 22.9 Å². The van der Waals surface area contributed by atoms with Gasteiger partial charge in [0, 0.05) is 10.6 Å². The summed E-state index contributed by atoms with van der Waals surface area (Å²) in [6.45, 7) is 2.34. The number of para-hydroxylation sites is 1. The first-order valence-corrected chi connectivity index (χ1v) is 6.27. The van der Waals surface area contributed by atoms with Crippen LogP contribution in [0.25, 0.3) is 0 Å². The van der Waals surface area contributed by atoms with Crippen LogP contribution in [0.5, 0.6) is 5.75 Å². The fourth-order valence-corrected chi connectivity index (χ4v) is 2.03.